The minimum atomic E-state index is -0.739. The molecule has 0 N–H and O–H groups in total. The van der Waals surface area contributed by atoms with Gasteiger partial charge in [-0.25, -0.2) is 4.85 Å². The Bertz CT molecular complexity index is 1530. The Morgan fingerprint density at radius 2 is 1.97 bits per heavy atom. The molecule has 3 aromatic carbocycles. The van der Waals surface area contributed by atoms with Gasteiger partial charge in [0.05, 0.1) is 24.3 Å². The molecule has 5 rings (SSSR count). The smallest absolute Gasteiger partial charge is 0.187 e. The highest BCUT2D eigenvalue weighted by Gasteiger charge is 2.30. The highest BCUT2D eigenvalue weighted by molar-refractivity contribution is 6.09. The largest absolute Gasteiger partial charge is 0.493 e. The van der Waals surface area contributed by atoms with Gasteiger partial charge in [0.15, 0.2) is 11.5 Å². The van der Waals surface area contributed by atoms with Crippen molar-refractivity contribution < 1.29 is 14.3 Å². The zero-order valence-corrected chi connectivity index (χ0v) is 20.7. The van der Waals surface area contributed by atoms with Crippen LogP contribution >= 0.6 is 0 Å². The normalized spacial score (nSPS) is 13.9. The summed E-state index contributed by atoms with van der Waals surface area (Å²) in [5.74, 6) is 0.779. The van der Waals surface area contributed by atoms with Crippen molar-refractivity contribution in [3.05, 3.63) is 76.8 Å². The quantitative estimate of drug-likeness (QED) is 0.298. The van der Waals surface area contributed by atoms with Crippen LogP contribution in [0.1, 0.15) is 50.5 Å². The lowest BCUT2D eigenvalue weighted by Crippen LogP contribution is -2.27. The molecular weight excluding hydrogens is 436 g/mol. The third-order valence-corrected chi connectivity index (χ3v) is 6.44. The maximum Gasteiger partial charge on any atom is 0.187 e. The summed E-state index contributed by atoms with van der Waals surface area (Å²) in [5, 5.41) is 2.93. The van der Waals surface area contributed by atoms with E-state index >= 15 is 0 Å². The molecule has 0 amide bonds. The number of hydrogen-bond acceptors (Lipinski definition) is 4. The molecule has 0 saturated carbocycles. The van der Waals surface area contributed by atoms with E-state index in [0.29, 0.717) is 12.3 Å². The number of ketones is 1. The summed E-state index contributed by atoms with van der Waals surface area (Å²) in [5.41, 5.74) is 5.75. The highest BCUT2D eigenvalue weighted by atomic mass is 16.5. The minimum absolute atomic E-state index is 0.0552. The molecule has 5 nitrogen and oxygen atoms in total. The van der Waals surface area contributed by atoms with Crippen LogP contribution in [0.2, 0.25) is 0 Å². The third-order valence-electron chi connectivity index (χ3n) is 6.44. The summed E-state index contributed by atoms with van der Waals surface area (Å²) >= 11 is 0. The summed E-state index contributed by atoms with van der Waals surface area (Å²) in [7, 11) is 0. The molecule has 4 aromatic rings. The van der Waals surface area contributed by atoms with Gasteiger partial charge in [-0.1, -0.05) is 18.2 Å². The van der Waals surface area contributed by atoms with Crippen LogP contribution in [0.3, 0.4) is 0 Å². The second kappa shape index (κ2) is 8.48. The Kier molecular flexibility index (Phi) is 5.57. The van der Waals surface area contributed by atoms with Gasteiger partial charge in [0.1, 0.15) is 11.9 Å². The number of hydrogen-bond donors (Lipinski definition) is 0. The van der Waals surface area contributed by atoms with Crippen molar-refractivity contribution in [3.8, 4) is 16.9 Å². The Hall–Kier alpha value is -3.75. The second-order valence-corrected chi connectivity index (χ2v) is 10.1. The fourth-order valence-corrected chi connectivity index (χ4v) is 5.05. The number of carbonyl (C=O) groups excluding carboxylic acids is 1. The number of ether oxygens (including phenoxy) is 2. The van der Waals surface area contributed by atoms with E-state index in [2.05, 4.69) is 10.9 Å². The van der Waals surface area contributed by atoms with E-state index in [-0.39, 0.29) is 5.78 Å². The number of aromatic nitrogens is 1. The summed E-state index contributed by atoms with van der Waals surface area (Å²) < 4.78 is 12.3. The molecule has 1 aliphatic rings. The molecule has 176 valence electrons. The molecule has 0 unspecified atom stereocenters. The van der Waals surface area contributed by atoms with Crippen LogP contribution in [0.15, 0.2) is 48.7 Å². The molecule has 0 radical (unpaired) electrons. The predicted octanol–water partition coefficient (Wildman–Crippen LogP) is 7.29. The summed E-state index contributed by atoms with van der Waals surface area (Å²) in [4.78, 5) is 21.4. The number of Topliss-reactive ketones (excluding diaryl/α,β-unsaturated/α-hetero) is 1. The fraction of sp³-hybridized carbons (Fsp3) is 0.300. The molecule has 35 heavy (non-hydrogen) atoms. The number of carbonyl (C=O) groups is 1. The lowest BCUT2D eigenvalue weighted by molar-refractivity contribution is -0.138. The predicted molar refractivity (Wildman–Crippen MR) is 139 cm³/mol. The summed E-state index contributed by atoms with van der Waals surface area (Å²) in [6, 6.07) is 13.8. The molecule has 1 aromatic heterocycles. The SMILES string of the molecule is [C-]#[N+]c1ccc2c(-c3ccc4c5c(ccnc35)CCO4)c([C@H](OC(C)(C)C)C(C)=O)c(C)cc2c1. The molecule has 0 fully saturated rings. The van der Waals surface area contributed by atoms with Gasteiger partial charge in [-0.15, -0.1) is 0 Å². The average Bonchev–Trinajstić information content (AvgIpc) is 2.82. The standard InChI is InChI=1S/C30H28N2O3/c1-17-15-20-16-21(31-6)7-8-22(20)27(25(17)29(18(2)33)35-30(3,4)5)23-9-10-24-26-19(12-14-34-24)11-13-32-28(23)26/h7-11,13,15-16,29H,12,14H2,1-5H3/t29-/m1/s1. The van der Waals surface area contributed by atoms with Crippen LogP contribution in [-0.2, 0) is 16.0 Å². The van der Waals surface area contributed by atoms with Gasteiger partial charge in [0.2, 0.25) is 0 Å². The average molecular weight is 465 g/mol. The van der Waals surface area contributed by atoms with Crippen molar-refractivity contribution in [2.45, 2.75) is 52.7 Å². The molecule has 1 atom stereocenters. The van der Waals surface area contributed by atoms with Crippen molar-refractivity contribution in [2.24, 2.45) is 0 Å². The van der Waals surface area contributed by atoms with Crippen LogP contribution in [0.25, 0.3) is 37.6 Å². The first-order valence-electron chi connectivity index (χ1n) is 11.8. The minimum Gasteiger partial charge on any atom is -0.493 e. The van der Waals surface area contributed by atoms with Gasteiger partial charge in [-0.3, -0.25) is 9.78 Å². The molecule has 0 aliphatic carbocycles. The zero-order chi connectivity index (χ0) is 24.9. The van der Waals surface area contributed by atoms with Crippen LogP contribution in [-0.4, -0.2) is 23.0 Å². The number of rotatable bonds is 4. The number of fused-ring (bicyclic) bond motifs is 1. The van der Waals surface area contributed by atoms with Crippen LogP contribution in [0.5, 0.6) is 5.75 Å². The molecule has 0 spiro atoms. The first-order valence-corrected chi connectivity index (χ1v) is 11.8. The van der Waals surface area contributed by atoms with Crippen molar-refractivity contribution in [2.75, 3.05) is 6.61 Å². The molecule has 0 saturated heterocycles. The Balaban J connectivity index is 1.92. The molecular formula is C30H28N2O3. The molecule has 0 bridgehead atoms. The Labute approximate surface area is 205 Å². The van der Waals surface area contributed by atoms with E-state index < -0.39 is 11.7 Å². The van der Waals surface area contributed by atoms with E-state index in [4.69, 9.17) is 21.0 Å². The number of nitrogens with zero attached hydrogens (tertiary/aromatic N) is 2. The van der Waals surface area contributed by atoms with Gasteiger partial charge in [0.25, 0.3) is 0 Å². The highest BCUT2D eigenvalue weighted by Crippen LogP contribution is 2.45. The van der Waals surface area contributed by atoms with E-state index in [1.165, 1.54) is 5.56 Å². The maximum absolute atomic E-state index is 13.0. The lowest BCUT2D eigenvalue weighted by atomic mass is 9.84. The maximum atomic E-state index is 13.0. The Morgan fingerprint density at radius 1 is 1.17 bits per heavy atom. The van der Waals surface area contributed by atoms with Crippen molar-refractivity contribution >= 4 is 33.1 Å². The monoisotopic (exact) mass is 464 g/mol. The van der Waals surface area contributed by atoms with Crippen LogP contribution in [0, 0.1) is 13.5 Å². The van der Waals surface area contributed by atoms with Crippen LogP contribution < -0.4 is 4.74 Å². The lowest BCUT2D eigenvalue weighted by Gasteiger charge is -2.30. The first-order chi connectivity index (χ1) is 16.7. The van der Waals surface area contributed by atoms with E-state index in [1.54, 1.807) is 6.92 Å². The van der Waals surface area contributed by atoms with Gasteiger partial charge in [-0.2, -0.15) is 0 Å². The Morgan fingerprint density at radius 3 is 2.69 bits per heavy atom. The third kappa shape index (κ3) is 4.05. The van der Waals surface area contributed by atoms with Crippen LogP contribution in [0.4, 0.5) is 5.69 Å². The van der Waals surface area contributed by atoms with E-state index in [9.17, 15) is 4.79 Å². The van der Waals surface area contributed by atoms with Crippen molar-refractivity contribution in [3.63, 3.8) is 0 Å². The first kappa shape index (κ1) is 23.0. The number of pyridine rings is 1. The van der Waals surface area contributed by atoms with Gasteiger partial charge < -0.3 is 9.47 Å². The molecule has 2 heterocycles. The topological polar surface area (TPSA) is 52.8 Å². The fourth-order valence-electron chi connectivity index (χ4n) is 5.05. The summed E-state index contributed by atoms with van der Waals surface area (Å²) in [6.07, 6.45) is 1.94. The molecule has 1 aliphatic heterocycles. The van der Waals surface area contributed by atoms with Gasteiger partial charge in [-0.05, 0) is 91.9 Å². The van der Waals surface area contributed by atoms with Crippen molar-refractivity contribution in [1.29, 1.82) is 0 Å². The molecule has 5 heteroatoms. The van der Waals surface area contributed by atoms with E-state index in [0.717, 1.165) is 56.1 Å². The number of benzene rings is 3. The number of aryl methyl sites for hydroxylation is 1. The zero-order valence-electron chi connectivity index (χ0n) is 20.7. The van der Waals surface area contributed by atoms with Gasteiger partial charge >= 0.3 is 0 Å². The van der Waals surface area contributed by atoms with E-state index in [1.807, 2.05) is 70.3 Å². The second-order valence-electron chi connectivity index (χ2n) is 10.1. The summed E-state index contributed by atoms with van der Waals surface area (Å²) in [6.45, 7) is 17.6. The van der Waals surface area contributed by atoms with Gasteiger partial charge in [0, 0.05) is 23.6 Å². The van der Waals surface area contributed by atoms with Crippen molar-refractivity contribution in [1.82, 2.24) is 4.98 Å².